The Morgan fingerprint density at radius 3 is 2.58 bits per heavy atom. The van der Waals surface area contributed by atoms with Gasteiger partial charge in [-0.15, -0.1) is 11.8 Å². The second-order valence-corrected chi connectivity index (χ2v) is 7.53. The van der Waals surface area contributed by atoms with Gasteiger partial charge in [0, 0.05) is 24.9 Å². The van der Waals surface area contributed by atoms with Gasteiger partial charge in [-0.05, 0) is 18.6 Å². The predicted molar refractivity (Wildman–Crippen MR) is 101 cm³/mol. The zero-order valence-electron chi connectivity index (χ0n) is 15.0. The Morgan fingerprint density at radius 1 is 1.19 bits per heavy atom. The van der Waals surface area contributed by atoms with Crippen molar-refractivity contribution in [3.05, 3.63) is 50.9 Å². The molecular formula is C18H19FN4O2S. The van der Waals surface area contributed by atoms with Gasteiger partial charge in [-0.2, -0.15) is 0 Å². The van der Waals surface area contributed by atoms with Crippen LogP contribution in [-0.4, -0.2) is 24.4 Å². The molecule has 0 fully saturated rings. The van der Waals surface area contributed by atoms with Crippen LogP contribution in [0.1, 0.15) is 20.3 Å². The van der Waals surface area contributed by atoms with Crippen LogP contribution < -0.4 is 11.2 Å². The fourth-order valence-electron chi connectivity index (χ4n) is 2.54. The third-order valence-corrected chi connectivity index (χ3v) is 5.49. The van der Waals surface area contributed by atoms with E-state index in [0.29, 0.717) is 16.0 Å². The molecule has 26 heavy (non-hydrogen) atoms. The van der Waals surface area contributed by atoms with Crippen LogP contribution in [-0.2, 0) is 14.1 Å². The first-order chi connectivity index (χ1) is 12.3. The molecule has 0 amide bonds. The van der Waals surface area contributed by atoms with Crippen molar-refractivity contribution in [3.63, 3.8) is 0 Å². The fraction of sp³-hybridized carbons (Fsp3) is 0.333. The Kier molecular flexibility index (Phi) is 4.95. The highest BCUT2D eigenvalue weighted by Crippen LogP contribution is 2.30. The van der Waals surface area contributed by atoms with Gasteiger partial charge in [-0.25, -0.2) is 19.2 Å². The summed E-state index contributed by atoms with van der Waals surface area (Å²) in [7, 11) is 2.99. The van der Waals surface area contributed by atoms with Crippen LogP contribution in [0.4, 0.5) is 4.39 Å². The summed E-state index contributed by atoms with van der Waals surface area (Å²) in [4.78, 5) is 33.9. The van der Waals surface area contributed by atoms with Gasteiger partial charge in [0.25, 0.3) is 5.56 Å². The quantitative estimate of drug-likeness (QED) is 0.519. The third-order valence-electron chi connectivity index (χ3n) is 4.24. The number of thioether (sulfide) groups is 1. The molecule has 3 rings (SSSR count). The second-order valence-electron chi connectivity index (χ2n) is 6.10. The van der Waals surface area contributed by atoms with Crippen LogP contribution in [0.3, 0.4) is 0 Å². The molecule has 0 aliphatic rings. The summed E-state index contributed by atoms with van der Waals surface area (Å²) in [5.74, 6) is -0.119. The van der Waals surface area contributed by atoms with Crippen molar-refractivity contribution in [2.24, 2.45) is 14.1 Å². The van der Waals surface area contributed by atoms with Crippen molar-refractivity contribution < 1.29 is 4.39 Å². The molecule has 8 heteroatoms. The maximum absolute atomic E-state index is 13.6. The molecule has 0 spiro atoms. The highest BCUT2D eigenvalue weighted by molar-refractivity contribution is 8.00. The molecule has 2 heterocycles. The van der Waals surface area contributed by atoms with E-state index in [4.69, 9.17) is 0 Å². The minimum atomic E-state index is -0.467. The minimum Gasteiger partial charge on any atom is -0.280 e. The Labute approximate surface area is 153 Å². The van der Waals surface area contributed by atoms with E-state index in [2.05, 4.69) is 9.97 Å². The van der Waals surface area contributed by atoms with E-state index in [9.17, 15) is 14.0 Å². The van der Waals surface area contributed by atoms with Crippen molar-refractivity contribution >= 4 is 22.8 Å². The van der Waals surface area contributed by atoms with Gasteiger partial charge >= 0.3 is 5.69 Å². The second kappa shape index (κ2) is 7.03. The number of hydrogen-bond acceptors (Lipinski definition) is 5. The highest BCUT2D eigenvalue weighted by Gasteiger charge is 2.19. The molecule has 0 saturated carbocycles. The number of fused-ring (bicyclic) bond motifs is 1. The topological polar surface area (TPSA) is 69.8 Å². The molecule has 0 bridgehead atoms. The summed E-state index contributed by atoms with van der Waals surface area (Å²) in [6.45, 7) is 4.08. The van der Waals surface area contributed by atoms with Crippen LogP contribution >= 0.6 is 11.8 Å². The average Bonchev–Trinajstić information content (AvgIpc) is 2.63. The minimum absolute atomic E-state index is 0.218. The van der Waals surface area contributed by atoms with Crippen LogP contribution in [0.25, 0.3) is 22.4 Å². The normalized spacial score (nSPS) is 12.5. The molecule has 0 saturated heterocycles. The van der Waals surface area contributed by atoms with Gasteiger partial charge in [0.05, 0.1) is 0 Å². The molecule has 0 radical (unpaired) electrons. The molecule has 0 N–H and O–H groups in total. The van der Waals surface area contributed by atoms with Crippen molar-refractivity contribution in [1.82, 2.24) is 19.1 Å². The van der Waals surface area contributed by atoms with Crippen LogP contribution in [0.5, 0.6) is 0 Å². The van der Waals surface area contributed by atoms with E-state index in [1.165, 1.54) is 35.5 Å². The van der Waals surface area contributed by atoms with Crippen LogP contribution in [0.2, 0.25) is 0 Å². The maximum atomic E-state index is 13.6. The molecule has 3 aromatic rings. The molecule has 0 aliphatic carbocycles. The van der Waals surface area contributed by atoms with Gasteiger partial charge in [-0.1, -0.05) is 26.0 Å². The third kappa shape index (κ3) is 3.16. The number of halogens is 1. The molecular weight excluding hydrogens is 355 g/mol. The van der Waals surface area contributed by atoms with E-state index >= 15 is 0 Å². The number of hydrogen-bond donors (Lipinski definition) is 0. The molecule has 2 aromatic heterocycles. The van der Waals surface area contributed by atoms with Crippen molar-refractivity contribution in [2.45, 2.75) is 30.5 Å². The molecule has 6 nitrogen and oxygen atoms in total. The van der Waals surface area contributed by atoms with Gasteiger partial charge in [0.1, 0.15) is 16.2 Å². The van der Waals surface area contributed by atoms with Crippen LogP contribution in [0, 0.1) is 5.82 Å². The van der Waals surface area contributed by atoms with Crippen molar-refractivity contribution in [3.8, 4) is 11.4 Å². The van der Waals surface area contributed by atoms with E-state index < -0.39 is 17.1 Å². The first-order valence-electron chi connectivity index (χ1n) is 8.23. The summed E-state index contributed by atoms with van der Waals surface area (Å²) in [6.07, 6.45) is 0.886. The largest absolute Gasteiger partial charge is 0.332 e. The van der Waals surface area contributed by atoms with E-state index in [1.54, 1.807) is 19.2 Å². The summed E-state index contributed by atoms with van der Waals surface area (Å²) in [6, 6.07) is 5.94. The summed E-state index contributed by atoms with van der Waals surface area (Å²) < 4.78 is 16.0. The zero-order chi connectivity index (χ0) is 19.0. The number of benzene rings is 1. The molecule has 1 atom stereocenters. The van der Waals surface area contributed by atoms with E-state index in [-0.39, 0.29) is 16.7 Å². The lowest BCUT2D eigenvalue weighted by atomic mass is 10.2. The molecule has 0 aliphatic heterocycles. The summed E-state index contributed by atoms with van der Waals surface area (Å²) >= 11 is 1.45. The average molecular weight is 374 g/mol. The first-order valence-corrected chi connectivity index (χ1v) is 9.11. The first kappa shape index (κ1) is 18.3. The molecule has 136 valence electrons. The molecule has 0 unspecified atom stereocenters. The Hall–Kier alpha value is -2.48. The van der Waals surface area contributed by atoms with Gasteiger partial charge in [0.2, 0.25) is 0 Å². The Bertz CT molecular complexity index is 1110. The van der Waals surface area contributed by atoms with Gasteiger partial charge in [-0.3, -0.25) is 13.9 Å². The number of aryl methyl sites for hydroxylation is 1. The lowest BCUT2D eigenvalue weighted by Crippen LogP contribution is -2.37. The lowest BCUT2D eigenvalue weighted by molar-refractivity contribution is 0.628. The Morgan fingerprint density at radius 2 is 1.92 bits per heavy atom. The van der Waals surface area contributed by atoms with Crippen molar-refractivity contribution in [2.75, 3.05) is 0 Å². The maximum Gasteiger partial charge on any atom is 0.332 e. The van der Waals surface area contributed by atoms with Crippen LogP contribution in [0.15, 0.2) is 38.9 Å². The number of nitrogens with zero attached hydrogens (tertiary/aromatic N) is 4. The van der Waals surface area contributed by atoms with Gasteiger partial charge < -0.3 is 0 Å². The highest BCUT2D eigenvalue weighted by atomic mass is 32.2. The van der Waals surface area contributed by atoms with Crippen molar-refractivity contribution in [1.29, 1.82) is 0 Å². The summed E-state index contributed by atoms with van der Waals surface area (Å²) in [5, 5.41) is 1.02. The fourth-order valence-corrected chi connectivity index (χ4v) is 3.53. The molecule has 1 aromatic carbocycles. The van der Waals surface area contributed by atoms with E-state index in [1.807, 2.05) is 13.8 Å². The smallest absolute Gasteiger partial charge is 0.280 e. The summed E-state index contributed by atoms with van der Waals surface area (Å²) in [5.41, 5.74) is -0.158. The number of aromatic nitrogens is 4. The Balaban J connectivity index is 2.40. The van der Waals surface area contributed by atoms with E-state index in [0.717, 1.165) is 11.0 Å². The lowest BCUT2D eigenvalue weighted by Gasteiger charge is -2.14. The predicted octanol–water partition coefficient (Wildman–Crippen LogP) is 2.72. The SMILES string of the molecule is CC[C@H](C)Sc1nc(-c2cccc(F)c2)nc2c1c(=O)n(C)c(=O)n2C. The zero-order valence-corrected chi connectivity index (χ0v) is 15.8. The monoisotopic (exact) mass is 374 g/mol. The van der Waals surface area contributed by atoms with Gasteiger partial charge in [0.15, 0.2) is 11.5 Å². The number of rotatable bonds is 4. The standard InChI is InChI=1S/C18H19FN4O2S/c1-5-10(2)26-16-13-15(22(3)18(25)23(4)17(13)24)20-14(21-16)11-7-6-8-12(19)9-11/h6-10H,5H2,1-4H3/t10-/m0/s1.